The topological polar surface area (TPSA) is 30.3 Å². The van der Waals surface area contributed by atoms with Crippen molar-refractivity contribution in [1.82, 2.24) is 14.7 Å². The van der Waals surface area contributed by atoms with Crippen LogP contribution in [0, 0.1) is 12.7 Å². The molecule has 2 aromatic carbocycles. The predicted molar refractivity (Wildman–Crippen MR) is 107 cm³/mol. The molecule has 0 radical (unpaired) electrons. The van der Waals surface area contributed by atoms with Crippen molar-refractivity contribution < 1.29 is 9.13 Å². The molecule has 1 atom stereocenters. The number of allylic oxidation sites excluding steroid dienone is 1. The van der Waals surface area contributed by atoms with Crippen LogP contribution in [0.3, 0.4) is 0 Å². The van der Waals surface area contributed by atoms with Gasteiger partial charge in [0.2, 0.25) is 0 Å². The summed E-state index contributed by atoms with van der Waals surface area (Å²) in [5, 5.41) is 4.31. The van der Waals surface area contributed by atoms with Gasteiger partial charge in [-0.1, -0.05) is 30.3 Å². The van der Waals surface area contributed by atoms with Crippen molar-refractivity contribution in [2.75, 3.05) is 0 Å². The smallest absolute Gasteiger partial charge is 0.130 e. The maximum atomic E-state index is 13.2. The second-order valence-corrected chi connectivity index (χ2v) is 6.94. The molecular weight excluding hydrogens is 353 g/mol. The third-order valence-corrected chi connectivity index (χ3v) is 4.78. The highest BCUT2D eigenvalue weighted by atomic mass is 19.1. The van der Waals surface area contributed by atoms with Crippen molar-refractivity contribution in [3.63, 3.8) is 0 Å². The Balaban J connectivity index is 1.61. The summed E-state index contributed by atoms with van der Waals surface area (Å²) in [4.78, 5) is 2.19. The Morgan fingerprint density at radius 1 is 1.11 bits per heavy atom. The second kappa shape index (κ2) is 7.72. The van der Waals surface area contributed by atoms with E-state index in [1.807, 2.05) is 75.0 Å². The summed E-state index contributed by atoms with van der Waals surface area (Å²) in [6.07, 6.45) is 9.94. The lowest BCUT2D eigenvalue weighted by atomic mass is 10.0. The molecule has 1 aliphatic heterocycles. The monoisotopic (exact) mass is 375 g/mol. The van der Waals surface area contributed by atoms with Crippen LogP contribution in [0.15, 0.2) is 85.0 Å². The second-order valence-electron chi connectivity index (χ2n) is 6.94. The first-order valence-electron chi connectivity index (χ1n) is 9.21. The van der Waals surface area contributed by atoms with Gasteiger partial charge < -0.3 is 9.64 Å². The van der Waals surface area contributed by atoms with Crippen LogP contribution >= 0.6 is 0 Å². The van der Waals surface area contributed by atoms with Gasteiger partial charge in [-0.05, 0) is 48.4 Å². The van der Waals surface area contributed by atoms with Gasteiger partial charge in [0.15, 0.2) is 0 Å². The Kier molecular flexibility index (Phi) is 4.98. The lowest BCUT2D eigenvalue weighted by molar-refractivity contribution is 0.297. The molecule has 0 saturated carbocycles. The van der Waals surface area contributed by atoms with Crippen molar-refractivity contribution in [2.24, 2.45) is 7.05 Å². The number of benzene rings is 2. The number of ether oxygens (including phenoxy) is 1. The van der Waals surface area contributed by atoms with E-state index in [2.05, 4.69) is 16.1 Å². The van der Waals surface area contributed by atoms with Gasteiger partial charge >= 0.3 is 0 Å². The number of halogens is 1. The number of aromatic nitrogens is 2. The van der Waals surface area contributed by atoms with Crippen molar-refractivity contribution in [2.45, 2.75) is 19.5 Å². The molecule has 1 aromatic heterocycles. The summed E-state index contributed by atoms with van der Waals surface area (Å²) in [6, 6.07) is 14.5. The first-order valence-corrected chi connectivity index (χ1v) is 9.21. The molecule has 1 unspecified atom stereocenters. The van der Waals surface area contributed by atoms with E-state index in [1.165, 1.54) is 12.1 Å². The van der Waals surface area contributed by atoms with E-state index in [-0.39, 0.29) is 11.9 Å². The SMILES string of the molecule is Cc1ccccc1OC1=CC(c2cnn(C)c2)N(Cc2ccc(F)cc2)C=C1. The lowest BCUT2D eigenvalue weighted by Gasteiger charge is -2.31. The van der Waals surface area contributed by atoms with Gasteiger partial charge in [0.05, 0.1) is 12.2 Å². The minimum atomic E-state index is -0.226. The highest BCUT2D eigenvalue weighted by molar-refractivity contribution is 5.37. The van der Waals surface area contributed by atoms with E-state index in [9.17, 15) is 4.39 Å². The Labute approximate surface area is 164 Å². The Morgan fingerprint density at radius 3 is 2.61 bits per heavy atom. The van der Waals surface area contributed by atoms with Crippen LogP contribution in [0.2, 0.25) is 0 Å². The Bertz CT molecular complexity index is 1020. The van der Waals surface area contributed by atoms with Gasteiger partial charge in [-0.15, -0.1) is 0 Å². The maximum absolute atomic E-state index is 13.2. The van der Waals surface area contributed by atoms with Gasteiger partial charge in [-0.25, -0.2) is 4.39 Å². The fraction of sp³-hybridized carbons (Fsp3) is 0.174. The molecule has 0 N–H and O–H groups in total. The van der Waals surface area contributed by atoms with Gasteiger partial charge in [0, 0.05) is 31.6 Å². The summed E-state index contributed by atoms with van der Waals surface area (Å²) in [5.41, 5.74) is 3.19. The van der Waals surface area contributed by atoms with Crippen molar-refractivity contribution in [1.29, 1.82) is 0 Å². The van der Waals surface area contributed by atoms with Gasteiger partial charge in [-0.3, -0.25) is 4.68 Å². The molecule has 1 aliphatic rings. The molecule has 0 saturated heterocycles. The van der Waals surface area contributed by atoms with E-state index in [4.69, 9.17) is 4.74 Å². The number of hydrogen-bond donors (Lipinski definition) is 0. The van der Waals surface area contributed by atoms with Crippen LogP contribution < -0.4 is 4.74 Å². The molecule has 0 bridgehead atoms. The zero-order chi connectivity index (χ0) is 19.5. The number of para-hydroxylation sites is 1. The number of aryl methyl sites for hydroxylation is 2. The van der Waals surface area contributed by atoms with Crippen molar-refractivity contribution in [3.8, 4) is 5.75 Å². The minimum absolute atomic E-state index is 0.0252. The van der Waals surface area contributed by atoms with E-state index >= 15 is 0 Å². The zero-order valence-electron chi connectivity index (χ0n) is 15.9. The molecule has 0 aliphatic carbocycles. The molecule has 142 valence electrons. The third-order valence-electron chi connectivity index (χ3n) is 4.78. The molecule has 5 heteroatoms. The summed E-state index contributed by atoms with van der Waals surface area (Å²) >= 11 is 0. The fourth-order valence-electron chi connectivity index (χ4n) is 3.27. The van der Waals surface area contributed by atoms with Gasteiger partial charge in [0.25, 0.3) is 0 Å². The molecule has 3 aromatic rings. The average molecular weight is 375 g/mol. The molecule has 4 rings (SSSR count). The molecular formula is C23H22FN3O. The van der Waals surface area contributed by atoms with Crippen LogP contribution in [0.25, 0.3) is 0 Å². The largest absolute Gasteiger partial charge is 0.457 e. The fourth-order valence-corrected chi connectivity index (χ4v) is 3.27. The number of nitrogens with zero attached hydrogens (tertiary/aromatic N) is 3. The Hall–Kier alpha value is -3.34. The average Bonchev–Trinajstić information content (AvgIpc) is 3.13. The van der Waals surface area contributed by atoms with Crippen LogP contribution in [0.4, 0.5) is 4.39 Å². The summed E-state index contributed by atoms with van der Waals surface area (Å²) < 4.78 is 21.2. The van der Waals surface area contributed by atoms with Crippen LogP contribution in [0.5, 0.6) is 5.75 Å². The lowest BCUT2D eigenvalue weighted by Crippen LogP contribution is -2.25. The summed E-state index contributed by atoms with van der Waals surface area (Å²) in [6.45, 7) is 2.69. The van der Waals surface area contributed by atoms with Crippen molar-refractivity contribution in [3.05, 3.63) is 108 Å². The first kappa shape index (κ1) is 18.0. The van der Waals surface area contributed by atoms with E-state index in [1.54, 1.807) is 4.68 Å². The number of hydrogen-bond acceptors (Lipinski definition) is 3. The minimum Gasteiger partial charge on any atom is -0.457 e. The molecule has 28 heavy (non-hydrogen) atoms. The van der Waals surface area contributed by atoms with E-state index < -0.39 is 0 Å². The van der Waals surface area contributed by atoms with E-state index in [0.717, 1.165) is 28.2 Å². The number of rotatable bonds is 5. The molecule has 0 spiro atoms. The molecule has 4 nitrogen and oxygen atoms in total. The highest BCUT2D eigenvalue weighted by Gasteiger charge is 2.22. The Morgan fingerprint density at radius 2 is 1.89 bits per heavy atom. The molecule has 0 fully saturated rings. The molecule has 0 amide bonds. The normalized spacial score (nSPS) is 16.2. The first-order chi connectivity index (χ1) is 13.6. The van der Waals surface area contributed by atoms with Crippen LogP contribution in [-0.4, -0.2) is 14.7 Å². The van der Waals surface area contributed by atoms with Gasteiger partial charge in [-0.2, -0.15) is 5.10 Å². The summed E-state index contributed by atoms with van der Waals surface area (Å²) in [7, 11) is 1.90. The standard InChI is InChI=1S/C23H22FN3O/c1-17-5-3-4-6-23(17)28-21-11-12-27(15-18-7-9-20(24)10-8-18)22(13-21)19-14-25-26(2)16-19/h3-14,16,22H,15H2,1-2H3. The highest BCUT2D eigenvalue weighted by Crippen LogP contribution is 2.31. The van der Waals surface area contributed by atoms with Crippen LogP contribution in [-0.2, 0) is 13.6 Å². The quantitative estimate of drug-likeness (QED) is 0.635. The van der Waals surface area contributed by atoms with Gasteiger partial charge in [0.1, 0.15) is 17.3 Å². The molecule has 2 heterocycles. The maximum Gasteiger partial charge on any atom is 0.130 e. The predicted octanol–water partition coefficient (Wildman–Crippen LogP) is 4.90. The zero-order valence-corrected chi connectivity index (χ0v) is 15.9. The van der Waals surface area contributed by atoms with Crippen molar-refractivity contribution >= 4 is 0 Å². The van der Waals surface area contributed by atoms with Crippen LogP contribution in [0.1, 0.15) is 22.7 Å². The van der Waals surface area contributed by atoms with E-state index in [0.29, 0.717) is 6.54 Å². The third kappa shape index (κ3) is 3.98. The summed E-state index contributed by atoms with van der Waals surface area (Å²) in [5.74, 6) is 1.41.